The van der Waals surface area contributed by atoms with Crippen LogP contribution in [0.1, 0.15) is 52.0 Å². The van der Waals surface area contributed by atoms with Crippen LogP contribution in [0.5, 0.6) is 0 Å². The van der Waals surface area contributed by atoms with E-state index in [1.54, 1.807) is 13.8 Å². The molecule has 0 saturated heterocycles. The van der Waals surface area contributed by atoms with Gasteiger partial charge in [-0.1, -0.05) is 63.9 Å². The molecule has 7 heteroatoms. The van der Waals surface area contributed by atoms with Crippen molar-refractivity contribution in [1.82, 2.24) is 10.6 Å². The van der Waals surface area contributed by atoms with Gasteiger partial charge in [0.15, 0.2) is 6.61 Å². The van der Waals surface area contributed by atoms with E-state index in [4.69, 9.17) is 9.47 Å². The predicted molar refractivity (Wildman–Crippen MR) is 109 cm³/mol. The Morgan fingerprint density at radius 2 is 1.76 bits per heavy atom. The lowest BCUT2D eigenvalue weighted by molar-refractivity contribution is -0.151. The molecule has 1 aromatic carbocycles. The molecule has 0 heterocycles. The van der Waals surface area contributed by atoms with E-state index in [2.05, 4.69) is 17.6 Å². The molecule has 0 bridgehead atoms. The third-order valence-corrected chi connectivity index (χ3v) is 5.21. The molecule has 1 aromatic rings. The topological polar surface area (TPSA) is 93.7 Å². The summed E-state index contributed by atoms with van der Waals surface area (Å²) in [7, 11) is 0. The zero-order chi connectivity index (χ0) is 21.2. The number of esters is 1. The predicted octanol–water partition coefficient (Wildman–Crippen LogP) is 3.18. The Morgan fingerprint density at radius 3 is 2.41 bits per heavy atom. The number of carbonyl (C=O) groups is 3. The summed E-state index contributed by atoms with van der Waals surface area (Å²) in [4.78, 5) is 36.6. The maximum atomic E-state index is 12.4. The summed E-state index contributed by atoms with van der Waals surface area (Å²) in [5.74, 6) is -0.754. The van der Waals surface area contributed by atoms with Crippen LogP contribution in [0.25, 0.3) is 0 Å². The van der Waals surface area contributed by atoms with Crippen molar-refractivity contribution in [3.63, 3.8) is 0 Å². The first-order valence-electron chi connectivity index (χ1n) is 10.3. The minimum atomic E-state index is -0.889. The molecule has 0 aliphatic heterocycles. The van der Waals surface area contributed by atoms with E-state index in [-0.39, 0.29) is 31.1 Å². The second-order valence-electron chi connectivity index (χ2n) is 7.97. The van der Waals surface area contributed by atoms with Gasteiger partial charge >= 0.3 is 12.1 Å². The van der Waals surface area contributed by atoms with Crippen molar-refractivity contribution in [2.75, 3.05) is 6.61 Å². The smallest absolute Gasteiger partial charge is 0.408 e. The number of amides is 2. The summed E-state index contributed by atoms with van der Waals surface area (Å²) in [5.41, 5.74) is 0.847. The van der Waals surface area contributed by atoms with Crippen molar-refractivity contribution >= 4 is 18.0 Å². The van der Waals surface area contributed by atoms with Gasteiger partial charge in [-0.2, -0.15) is 0 Å². The zero-order valence-electron chi connectivity index (χ0n) is 17.5. The first-order valence-corrected chi connectivity index (χ1v) is 10.3. The summed E-state index contributed by atoms with van der Waals surface area (Å²) >= 11 is 0. The molecule has 29 heavy (non-hydrogen) atoms. The van der Waals surface area contributed by atoms with Crippen LogP contribution in [0.3, 0.4) is 0 Å². The Kier molecular flexibility index (Phi) is 8.96. The van der Waals surface area contributed by atoms with Crippen molar-refractivity contribution in [3.8, 4) is 0 Å². The molecule has 0 spiro atoms. The fraction of sp³-hybridized carbons (Fsp3) is 0.591. The molecule has 7 nitrogen and oxygen atoms in total. The van der Waals surface area contributed by atoms with Gasteiger partial charge in [0, 0.05) is 6.04 Å². The first-order chi connectivity index (χ1) is 13.9. The van der Waals surface area contributed by atoms with Gasteiger partial charge in [0.1, 0.15) is 12.6 Å². The Labute approximate surface area is 172 Å². The van der Waals surface area contributed by atoms with Crippen LogP contribution in [-0.2, 0) is 25.7 Å². The molecule has 160 valence electrons. The van der Waals surface area contributed by atoms with Gasteiger partial charge in [-0.3, -0.25) is 4.79 Å². The monoisotopic (exact) mass is 404 g/mol. The lowest BCUT2D eigenvalue weighted by atomic mass is 9.86. The zero-order valence-corrected chi connectivity index (χ0v) is 17.5. The quantitative estimate of drug-likeness (QED) is 0.649. The molecule has 2 N–H and O–H groups in total. The van der Waals surface area contributed by atoms with E-state index in [0.29, 0.717) is 5.92 Å². The van der Waals surface area contributed by atoms with Crippen molar-refractivity contribution in [3.05, 3.63) is 35.9 Å². The minimum Gasteiger partial charge on any atom is -0.454 e. The van der Waals surface area contributed by atoms with Crippen LogP contribution in [0, 0.1) is 11.8 Å². The molecule has 1 fully saturated rings. The number of ether oxygens (including phenoxy) is 2. The molecule has 0 aromatic heterocycles. The number of hydrogen-bond acceptors (Lipinski definition) is 5. The van der Waals surface area contributed by atoms with Gasteiger partial charge in [0.25, 0.3) is 5.91 Å². The van der Waals surface area contributed by atoms with Gasteiger partial charge in [0.05, 0.1) is 0 Å². The highest BCUT2D eigenvalue weighted by Crippen LogP contribution is 2.23. The molecule has 1 saturated carbocycles. The van der Waals surface area contributed by atoms with Gasteiger partial charge in [0.2, 0.25) is 0 Å². The standard InChI is InChI=1S/C22H32N2O5/c1-15(2)20(24-22(27)29-13-17-10-5-4-6-11-17)21(26)28-14-19(25)23-18-12-8-7-9-16(18)3/h4-6,10-11,15-16,18,20H,7-9,12-14H2,1-3H3,(H,23,25)(H,24,27)/t16-,18+,20+/m1/s1. The summed E-state index contributed by atoms with van der Waals surface area (Å²) in [5, 5.41) is 5.47. The molecule has 0 unspecified atom stereocenters. The van der Waals surface area contributed by atoms with Crippen molar-refractivity contribution < 1.29 is 23.9 Å². The summed E-state index contributed by atoms with van der Waals surface area (Å²) in [6.45, 7) is 5.44. The highest BCUT2D eigenvalue weighted by atomic mass is 16.6. The molecule has 0 radical (unpaired) electrons. The molecule has 2 rings (SSSR count). The largest absolute Gasteiger partial charge is 0.454 e. The van der Waals surface area contributed by atoms with Crippen LogP contribution in [0.2, 0.25) is 0 Å². The maximum absolute atomic E-state index is 12.4. The van der Waals surface area contributed by atoms with Gasteiger partial charge in [-0.25, -0.2) is 9.59 Å². The lowest BCUT2D eigenvalue weighted by Gasteiger charge is -2.29. The Balaban J connectivity index is 1.77. The van der Waals surface area contributed by atoms with E-state index in [1.165, 1.54) is 6.42 Å². The van der Waals surface area contributed by atoms with E-state index >= 15 is 0 Å². The molecule has 1 aliphatic carbocycles. The lowest BCUT2D eigenvalue weighted by Crippen LogP contribution is -2.47. The molecule has 1 aliphatic rings. The van der Waals surface area contributed by atoms with Crippen LogP contribution in [0.15, 0.2) is 30.3 Å². The van der Waals surface area contributed by atoms with Gasteiger partial charge < -0.3 is 20.1 Å². The van der Waals surface area contributed by atoms with Crippen molar-refractivity contribution in [2.45, 2.75) is 65.1 Å². The van der Waals surface area contributed by atoms with E-state index in [0.717, 1.165) is 24.8 Å². The van der Waals surface area contributed by atoms with Gasteiger partial charge in [-0.05, 0) is 30.2 Å². The minimum absolute atomic E-state index is 0.106. The third kappa shape index (κ3) is 7.75. The highest BCUT2D eigenvalue weighted by molar-refractivity contribution is 5.85. The average molecular weight is 405 g/mol. The number of benzene rings is 1. The summed E-state index contributed by atoms with van der Waals surface area (Å²) in [6.07, 6.45) is 3.62. The molecule has 3 atom stereocenters. The summed E-state index contributed by atoms with van der Waals surface area (Å²) < 4.78 is 10.3. The second-order valence-corrected chi connectivity index (χ2v) is 7.97. The Hall–Kier alpha value is -2.57. The fourth-order valence-corrected chi connectivity index (χ4v) is 3.40. The van der Waals surface area contributed by atoms with Crippen molar-refractivity contribution in [1.29, 1.82) is 0 Å². The van der Waals surface area contributed by atoms with Crippen LogP contribution in [-0.4, -0.2) is 36.7 Å². The maximum Gasteiger partial charge on any atom is 0.408 e. The van der Waals surface area contributed by atoms with Gasteiger partial charge in [-0.15, -0.1) is 0 Å². The summed E-state index contributed by atoms with van der Waals surface area (Å²) in [6, 6.07) is 8.50. The van der Waals surface area contributed by atoms with E-state index < -0.39 is 18.1 Å². The fourth-order valence-electron chi connectivity index (χ4n) is 3.40. The number of carbonyl (C=O) groups excluding carboxylic acids is 3. The number of hydrogen-bond donors (Lipinski definition) is 2. The Bertz CT molecular complexity index is 677. The molecule has 2 amide bonds. The normalized spacial score (nSPS) is 19.9. The third-order valence-electron chi connectivity index (χ3n) is 5.21. The second kappa shape index (κ2) is 11.4. The molecular formula is C22H32N2O5. The number of rotatable bonds is 8. The average Bonchev–Trinajstić information content (AvgIpc) is 2.71. The molecular weight excluding hydrogens is 372 g/mol. The van der Waals surface area contributed by atoms with Crippen LogP contribution < -0.4 is 10.6 Å². The Morgan fingerprint density at radius 1 is 1.07 bits per heavy atom. The van der Waals surface area contributed by atoms with Crippen LogP contribution >= 0.6 is 0 Å². The SMILES string of the molecule is CC(C)[C@H](NC(=O)OCc1ccccc1)C(=O)OCC(=O)N[C@H]1CCCC[C@H]1C. The van der Waals surface area contributed by atoms with E-state index in [1.807, 2.05) is 30.3 Å². The highest BCUT2D eigenvalue weighted by Gasteiger charge is 2.28. The van der Waals surface area contributed by atoms with Crippen molar-refractivity contribution in [2.24, 2.45) is 11.8 Å². The first kappa shape index (κ1) is 22.7. The number of nitrogens with one attached hydrogen (secondary N) is 2. The van der Waals surface area contributed by atoms with Crippen LogP contribution in [0.4, 0.5) is 4.79 Å². The number of alkyl carbamates (subject to hydrolysis) is 1. The van der Waals surface area contributed by atoms with E-state index in [9.17, 15) is 14.4 Å².